The molecule has 0 saturated carbocycles. The van der Waals surface area contributed by atoms with Crippen LogP contribution < -0.4 is 16.0 Å². The Bertz CT molecular complexity index is 1020. The summed E-state index contributed by atoms with van der Waals surface area (Å²) in [5, 5.41) is 2.68. The highest BCUT2D eigenvalue weighted by molar-refractivity contribution is 6.33. The van der Waals surface area contributed by atoms with E-state index in [1.807, 2.05) is 19.9 Å². The number of H-pyrrole nitrogens is 1. The van der Waals surface area contributed by atoms with Crippen molar-refractivity contribution >= 4 is 33.3 Å². The summed E-state index contributed by atoms with van der Waals surface area (Å²) in [6, 6.07) is 5.34. The fourth-order valence-electron chi connectivity index (χ4n) is 3.44. The lowest BCUT2D eigenvalue weighted by molar-refractivity contribution is 0.207. The number of nitrogens with zero attached hydrogens (tertiary/aromatic N) is 1. The smallest absolute Gasteiger partial charge is 0.256 e. The van der Waals surface area contributed by atoms with Crippen molar-refractivity contribution in [1.29, 1.82) is 0 Å². The average molecular weight is 374 g/mol. The fraction of sp³-hybridized carbons (Fsp3) is 0.400. The van der Waals surface area contributed by atoms with E-state index in [2.05, 4.69) is 23.8 Å². The van der Waals surface area contributed by atoms with Crippen LogP contribution in [0.3, 0.4) is 0 Å². The molecule has 6 heteroatoms. The molecule has 0 saturated heterocycles. The van der Waals surface area contributed by atoms with E-state index < -0.39 is 5.54 Å². The van der Waals surface area contributed by atoms with Gasteiger partial charge in [0.15, 0.2) is 0 Å². The van der Waals surface area contributed by atoms with Crippen molar-refractivity contribution in [3.8, 4) is 5.75 Å². The first-order chi connectivity index (χ1) is 12.2. The molecule has 0 bridgehead atoms. The Kier molecular flexibility index (Phi) is 4.95. The van der Waals surface area contributed by atoms with E-state index >= 15 is 0 Å². The summed E-state index contributed by atoms with van der Waals surface area (Å²) in [6.45, 7) is 8.38. The van der Waals surface area contributed by atoms with E-state index in [0.29, 0.717) is 28.7 Å². The Hall–Kier alpha value is -2.11. The summed E-state index contributed by atoms with van der Waals surface area (Å²) in [4.78, 5) is 19.7. The molecular weight excluding hydrogens is 350 g/mol. The number of aryl methyl sites for hydroxylation is 1. The van der Waals surface area contributed by atoms with Gasteiger partial charge in [-0.05, 0) is 49.8 Å². The van der Waals surface area contributed by atoms with Crippen LogP contribution in [-0.2, 0) is 0 Å². The van der Waals surface area contributed by atoms with Gasteiger partial charge in [-0.25, -0.2) is 0 Å². The van der Waals surface area contributed by atoms with Gasteiger partial charge in [0.25, 0.3) is 5.56 Å². The van der Waals surface area contributed by atoms with Crippen molar-refractivity contribution in [1.82, 2.24) is 9.97 Å². The van der Waals surface area contributed by atoms with Crippen LogP contribution in [0.5, 0.6) is 5.75 Å². The first-order valence-corrected chi connectivity index (χ1v) is 9.08. The van der Waals surface area contributed by atoms with Gasteiger partial charge in [-0.3, -0.25) is 9.78 Å². The molecule has 3 N–H and O–H groups in total. The van der Waals surface area contributed by atoms with Crippen molar-refractivity contribution in [2.24, 2.45) is 11.7 Å². The van der Waals surface area contributed by atoms with E-state index in [1.165, 1.54) is 0 Å². The Morgan fingerprint density at radius 2 is 2.04 bits per heavy atom. The number of nitrogens with two attached hydrogens (primary N) is 1. The molecule has 0 amide bonds. The van der Waals surface area contributed by atoms with Crippen LogP contribution in [0.1, 0.15) is 32.9 Å². The highest BCUT2D eigenvalue weighted by Gasteiger charge is 2.22. The molecule has 1 unspecified atom stereocenters. The number of hydrogen-bond donors (Lipinski definition) is 2. The second kappa shape index (κ2) is 6.89. The Balaban J connectivity index is 2.05. The maximum absolute atomic E-state index is 12.5. The van der Waals surface area contributed by atoms with Gasteiger partial charge in [-0.2, -0.15) is 0 Å². The molecule has 0 spiro atoms. The van der Waals surface area contributed by atoms with Crippen LogP contribution >= 0.6 is 11.6 Å². The summed E-state index contributed by atoms with van der Waals surface area (Å²) >= 11 is 6.44. The van der Waals surface area contributed by atoms with Gasteiger partial charge in [-0.15, -0.1) is 0 Å². The van der Waals surface area contributed by atoms with Gasteiger partial charge in [0.1, 0.15) is 12.4 Å². The molecule has 0 aliphatic carbocycles. The average Bonchev–Trinajstić information content (AvgIpc) is 2.53. The molecule has 0 aliphatic rings. The molecule has 26 heavy (non-hydrogen) atoms. The number of rotatable bonds is 5. The maximum Gasteiger partial charge on any atom is 0.256 e. The highest BCUT2D eigenvalue weighted by atomic mass is 35.5. The number of fused-ring (bicyclic) bond motifs is 3. The van der Waals surface area contributed by atoms with E-state index in [1.54, 1.807) is 18.3 Å². The van der Waals surface area contributed by atoms with Gasteiger partial charge in [0.05, 0.1) is 21.6 Å². The van der Waals surface area contributed by atoms with Crippen molar-refractivity contribution in [3.05, 3.63) is 45.5 Å². The molecule has 5 nitrogen and oxygen atoms in total. The number of halogens is 1. The van der Waals surface area contributed by atoms with Crippen molar-refractivity contribution in [2.75, 3.05) is 6.61 Å². The molecule has 2 heterocycles. The number of aromatic amines is 1. The van der Waals surface area contributed by atoms with E-state index in [4.69, 9.17) is 22.1 Å². The quantitative estimate of drug-likeness (QED) is 0.657. The Morgan fingerprint density at radius 3 is 2.73 bits per heavy atom. The zero-order chi connectivity index (χ0) is 19.1. The van der Waals surface area contributed by atoms with E-state index in [-0.39, 0.29) is 5.56 Å². The van der Waals surface area contributed by atoms with Gasteiger partial charge in [0.2, 0.25) is 0 Å². The SMILES string of the molecule is Cc1nccc2c1[nH]c(=O)c1cc(OCC(C)(N)CC(C)C)c(Cl)cc12. The van der Waals surface area contributed by atoms with E-state index in [0.717, 1.165) is 28.4 Å². The van der Waals surface area contributed by atoms with Gasteiger partial charge in [-0.1, -0.05) is 25.4 Å². The number of aromatic nitrogens is 2. The third kappa shape index (κ3) is 3.69. The summed E-state index contributed by atoms with van der Waals surface area (Å²) in [7, 11) is 0. The lowest BCUT2D eigenvalue weighted by Crippen LogP contribution is -2.43. The molecule has 3 rings (SSSR count). The molecule has 2 aromatic heterocycles. The molecule has 0 radical (unpaired) electrons. The van der Waals surface area contributed by atoms with Gasteiger partial charge in [0, 0.05) is 17.1 Å². The van der Waals surface area contributed by atoms with Crippen LogP contribution in [-0.4, -0.2) is 22.1 Å². The second-order valence-corrected chi connectivity index (χ2v) is 8.05. The monoisotopic (exact) mass is 373 g/mol. The molecule has 1 aromatic carbocycles. The number of hydrogen-bond acceptors (Lipinski definition) is 4. The number of pyridine rings is 2. The van der Waals surface area contributed by atoms with Crippen molar-refractivity contribution < 1.29 is 4.74 Å². The first kappa shape index (κ1) is 18.7. The normalized spacial score (nSPS) is 14.1. The van der Waals surface area contributed by atoms with Crippen LogP contribution in [0.15, 0.2) is 29.2 Å². The summed E-state index contributed by atoms with van der Waals surface area (Å²) in [5.41, 5.74) is 7.14. The number of nitrogens with one attached hydrogen (secondary N) is 1. The minimum atomic E-state index is -0.467. The standard InChI is InChI=1S/C20H24ClN3O2/c1-11(2)9-20(4,22)10-26-17-8-15-14(7-16(17)21)13-5-6-23-12(3)18(13)24-19(15)25/h5-8,11H,9-10,22H2,1-4H3,(H,24,25). The Morgan fingerprint density at radius 1 is 1.31 bits per heavy atom. The molecular formula is C20H24ClN3O2. The highest BCUT2D eigenvalue weighted by Crippen LogP contribution is 2.32. The lowest BCUT2D eigenvalue weighted by Gasteiger charge is -2.27. The second-order valence-electron chi connectivity index (χ2n) is 7.64. The predicted octanol–water partition coefficient (Wildman–Crippen LogP) is 4.18. The molecule has 3 aromatic rings. The molecule has 0 aliphatic heterocycles. The lowest BCUT2D eigenvalue weighted by atomic mass is 9.93. The maximum atomic E-state index is 12.5. The summed E-state index contributed by atoms with van der Waals surface area (Å²) < 4.78 is 5.88. The van der Waals surface area contributed by atoms with Crippen LogP contribution in [0.2, 0.25) is 5.02 Å². The number of benzene rings is 1. The third-order valence-electron chi connectivity index (χ3n) is 4.42. The Labute approximate surface area is 157 Å². The molecule has 138 valence electrons. The zero-order valence-corrected chi connectivity index (χ0v) is 16.3. The minimum absolute atomic E-state index is 0.192. The largest absolute Gasteiger partial charge is 0.490 e. The minimum Gasteiger partial charge on any atom is -0.490 e. The van der Waals surface area contributed by atoms with Crippen LogP contribution in [0, 0.1) is 12.8 Å². The molecule has 0 fully saturated rings. The van der Waals surface area contributed by atoms with Crippen LogP contribution in [0.4, 0.5) is 0 Å². The zero-order valence-electron chi connectivity index (χ0n) is 15.5. The van der Waals surface area contributed by atoms with E-state index in [9.17, 15) is 4.79 Å². The summed E-state index contributed by atoms with van der Waals surface area (Å²) in [5.74, 6) is 0.932. The fourth-order valence-corrected chi connectivity index (χ4v) is 3.66. The van der Waals surface area contributed by atoms with Gasteiger partial charge < -0.3 is 15.5 Å². The van der Waals surface area contributed by atoms with Gasteiger partial charge >= 0.3 is 0 Å². The van der Waals surface area contributed by atoms with Crippen molar-refractivity contribution in [2.45, 2.75) is 39.7 Å². The topological polar surface area (TPSA) is 81.0 Å². The third-order valence-corrected chi connectivity index (χ3v) is 4.71. The molecule has 1 atom stereocenters. The first-order valence-electron chi connectivity index (χ1n) is 8.70. The van der Waals surface area contributed by atoms with Crippen molar-refractivity contribution in [3.63, 3.8) is 0 Å². The number of ether oxygens (including phenoxy) is 1. The predicted molar refractivity (Wildman–Crippen MR) is 107 cm³/mol. The summed E-state index contributed by atoms with van der Waals surface area (Å²) in [6.07, 6.45) is 2.55. The van der Waals surface area contributed by atoms with Crippen LogP contribution in [0.25, 0.3) is 21.7 Å².